The predicted molar refractivity (Wildman–Crippen MR) is 65.8 cm³/mol. The van der Waals surface area contributed by atoms with E-state index in [4.69, 9.17) is 5.11 Å². The lowest BCUT2D eigenvalue weighted by molar-refractivity contribution is 0.0696. The van der Waals surface area contributed by atoms with E-state index >= 15 is 0 Å². The number of para-hydroxylation sites is 2. The maximum Gasteiger partial charge on any atom is 0.338 e. The Labute approximate surface area is 106 Å². The normalized spacial score (nSPS) is 10.8. The highest BCUT2D eigenvalue weighted by Gasteiger charge is 2.18. The predicted octanol–water partition coefficient (Wildman–Crippen LogP) is 2.26. The molecule has 3 rings (SSSR count). The Hall–Kier alpha value is -2.76. The zero-order valence-electron chi connectivity index (χ0n) is 9.62. The van der Waals surface area contributed by atoms with Crippen LogP contribution in [0.15, 0.2) is 42.5 Å². The lowest BCUT2D eigenvalue weighted by atomic mass is 10.1. The molecule has 1 aromatic heterocycles. The van der Waals surface area contributed by atoms with E-state index in [-0.39, 0.29) is 11.3 Å². The number of carbonyl (C=O) groups is 1. The number of fused-ring (bicyclic) bond motifs is 1. The molecule has 0 aliphatic heterocycles. The number of aromatic carboxylic acids is 1. The van der Waals surface area contributed by atoms with Crippen LogP contribution in [-0.4, -0.2) is 26.1 Å². The second-order valence-corrected chi connectivity index (χ2v) is 3.93. The number of benzene rings is 2. The number of carboxylic acid groups (broad SMARTS) is 1. The highest BCUT2D eigenvalue weighted by Crippen LogP contribution is 2.22. The third kappa shape index (κ3) is 1.74. The summed E-state index contributed by atoms with van der Waals surface area (Å²) in [4.78, 5) is 11.2. The number of nitrogens with zero attached hydrogens (tertiary/aromatic N) is 3. The van der Waals surface area contributed by atoms with Gasteiger partial charge in [0.25, 0.3) is 0 Å². The highest BCUT2D eigenvalue weighted by molar-refractivity contribution is 5.93. The third-order valence-electron chi connectivity index (χ3n) is 2.78. The van der Waals surface area contributed by atoms with Crippen LogP contribution in [0.4, 0.5) is 4.39 Å². The summed E-state index contributed by atoms with van der Waals surface area (Å²) in [6.07, 6.45) is 0. The second kappa shape index (κ2) is 4.16. The van der Waals surface area contributed by atoms with Crippen LogP contribution in [0, 0.1) is 5.82 Å². The van der Waals surface area contributed by atoms with E-state index in [1.165, 1.54) is 22.9 Å². The molecule has 0 aliphatic carbocycles. The smallest absolute Gasteiger partial charge is 0.338 e. The van der Waals surface area contributed by atoms with E-state index in [1.807, 2.05) is 0 Å². The summed E-state index contributed by atoms with van der Waals surface area (Å²) in [5, 5.41) is 16.9. The van der Waals surface area contributed by atoms with E-state index < -0.39 is 11.8 Å². The minimum atomic E-state index is -1.21. The molecule has 0 fully saturated rings. The molecule has 0 aliphatic rings. The molecule has 0 amide bonds. The fourth-order valence-corrected chi connectivity index (χ4v) is 1.94. The standard InChI is InChI=1S/C13H8FN3O2/c14-9-5-3-4-8(13(18)19)12(9)17-11-7-2-1-6-10(11)15-16-17/h1-7H,(H,18,19). The summed E-state index contributed by atoms with van der Waals surface area (Å²) < 4.78 is 15.2. The van der Waals surface area contributed by atoms with Crippen molar-refractivity contribution in [1.29, 1.82) is 0 Å². The van der Waals surface area contributed by atoms with Gasteiger partial charge in [0.2, 0.25) is 0 Å². The molecule has 3 aromatic rings. The van der Waals surface area contributed by atoms with Crippen LogP contribution in [0.5, 0.6) is 0 Å². The number of hydrogen-bond acceptors (Lipinski definition) is 3. The quantitative estimate of drug-likeness (QED) is 0.764. The minimum Gasteiger partial charge on any atom is -0.478 e. The molecule has 0 atom stereocenters. The Balaban J connectivity index is 2.36. The topological polar surface area (TPSA) is 68.0 Å². The van der Waals surface area contributed by atoms with Crippen molar-refractivity contribution in [3.63, 3.8) is 0 Å². The number of carboxylic acids is 1. The van der Waals surface area contributed by atoms with Crippen molar-refractivity contribution in [2.24, 2.45) is 0 Å². The minimum absolute atomic E-state index is 0.108. The van der Waals surface area contributed by atoms with Gasteiger partial charge in [0.15, 0.2) is 0 Å². The number of halogens is 1. The Morgan fingerprint density at radius 2 is 1.95 bits per heavy atom. The van der Waals surface area contributed by atoms with Crippen LogP contribution in [0.2, 0.25) is 0 Å². The van der Waals surface area contributed by atoms with Gasteiger partial charge in [0.05, 0.1) is 11.1 Å². The summed E-state index contributed by atoms with van der Waals surface area (Å²) >= 11 is 0. The molecule has 5 nitrogen and oxygen atoms in total. The van der Waals surface area contributed by atoms with Gasteiger partial charge in [-0.3, -0.25) is 0 Å². The van der Waals surface area contributed by atoms with Gasteiger partial charge in [-0.05, 0) is 24.3 Å². The monoisotopic (exact) mass is 257 g/mol. The van der Waals surface area contributed by atoms with Crippen LogP contribution in [-0.2, 0) is 0 Å². The molecule has 0 saturated heterocycles. The maximum absolute atomic E-state index is 13.9. The highest BCUT2D eigenvalue weighted by atomic mass is 19.1. The Kier molecular flexibility index (Phi) is 2.49. The lowest BCUT2D eigenvalue weighted by Crippen LogP contribution is -2.09. The molecule has 1 heterocycles. The van der Waals surface area contributed by atoms with E-state index in [9.17, 15) is 9.18 Å². The molecular weight excluding hydrogens is 249 g/mol. The average Bonchev–Trinajstić information content (AvgIpc) is 2.82. The van der Waals surface area contributed by atoms with Crippen molar-refractivity contribution >= 4 is 17.0 Å². The van der Waals surface area contributed by atoms with Crippen LogP contribution in [0.25, 0.3) is 16.7 Å². The molecule has 0 saturated carbocycles. The van der Waals surface area contributed by atoms with Gasteiger partial charge in [-0.25, -0.2) is 13.9 Å². The van der Waals surface area contributed by atoms with Crippen molar-refractivity contribution in [3.05, 3.63) is 53.8 Å². The molecule has 19 heavy (non-hydrogen) atoms. The fourth-order valence-electron chi connectivity index (χ4n) is 1.94. The first-order chi connectivity index (χ1) is 9.18. The van der Waals surface area contributed by atoms with Crippen LogP contribution < -0.4 is 0 Å². The molecule has 94 valence electrons. The molecule has 1 N–H and O–H groups in total. The summed E-state index contributed by atoms with van der Waals surface area (Å²) in [5.41, 5.74) is 0.858. The molecule has 0 spiro atoms. The van der Waals surface area contributed by atoms with Crippen LogP contribution in [0.1, 0.15) is 10.4 Å². The molecular formula is C13H8FN3O2. The number of rotatable bonds is 2. The van der Waals surface area contributed by atoms with Crippen molar-refractivity contribution < 1.29 is 14.3 Å². The van der Waals surface area contributed by atoms with Crippen LogP contribution in [0.3, 0.4) is 0 Å². The SMILES string of the molecule is O=C(O)c1cccc(F)c1-n1nnc2ccccc21. The van der Waals surface area contributed by atoms with E-state index in [2.05, 4.69) is 10.3 Å². The molecule has 6 heteroatoms. The van der Waals surface area contributed by atoms with Gasteiger partial charge < -0.3 is 5.11 Å². The first-order valence-electron chi connectivity index (χ1n) is 5.51. The van der Waals surface area contributed by atoms with Gasteiger partial charge in [0.1, 0.15) is 17.0 Å². The molecule has 0 radical (unpaired) electrons. The van der Waals surface area contributed by atoms with Crippen molar-refractivity contribution in [2.75, 3.05) is 0 Å². The van der Waals surface area contributed by atoms with E-state index in [0.29, 0.717) is 11.0 Å². The maximum atomic E-state index is 13.9. The molecule has 0 unspecified atom stereocenters. The zero-order chi connectivity index (χ0) is 13.4. The third-order valence-corrected chi connectivity index (χ3v) is 2.78. The summed E-state index contributed by atoms with van der Waals surface area (Å²) in [6.45, 7) is 0. The summed E-state index contributed by atoms with van der Waals surface area (Å²) in [6, 6.07) is 10.8. The lowest BCUT2D eigenvalue weighted by Gasteiger charge is -2.07. The van der Waals surface area contributed by atoms with E-state index in [1.54, 1.807) is 24.3 Å². The summed E-state index contributed by atoms with van der Waals surface area (Å²) in [5.74, 6) is -1.87. The van der Waals surface area contributed by atoms with E-state index in [0.717, 1.165) is 0 Å². The van der Waals surface area contributed by atoms with Gasteiger partial charge >= 0.3 is 5.97 Å². The number of hydrogen-bond donors (Lipinski definition) is 1. The molecule has 2 aromatic carbocycles. The Bertz CT molecular complexity index is 782. The van der Waals surface area contributed by atoms with Gasteiger partial charge in [-0.15, -0.1) is 5.10 Å². The summed E-state index contributed by atoms with van der Waals surface area (Å²) in [7, 11) is 0. The Morgan fingerprint density at radius 3 is 2.74 bits per heavy atom. The fraction of sp³-hybridized carbons (Fsp3) is 0. The van der Waals surface area contributed by atoms with Gasteiger partial charge in [0, 0.05) is 0 Å². The van der Waals surface area contributed by atoms with Crippen molar-refractivity contribution in [1.82, 2.24) is 15.0 Å². The second-order valence-electron chi connectivity index (χ2n) is 3.93. The largest absolute Gasteiger partial charge is 0.478 e. The van der Waals surface area contributed by atoms with Gasteiger partial charge in [-0.2, -0.15) is 0 Å². The average molecular weight is 257 g/mol. The van der Waals surface area contributed by atoms with Gasteiger partial charge in [-0.1, -0.05) is 23.4 Å². The first kappa shape index (κ1) is 11.3. The molecule has 0 bridgehead atoms. The van der Waals surface area contributed by atoms with Crippen LogP contribution >= 0.6 is 0 Å². The van der Waals surface area contributed by atoms with Crippen molar-refractivity contribution in [3.8, 4) is 5.69 Å². The number of aromatic nitrogens is 3. The zero-order valence-corrected chi connectivity index (χ0v) is 9.62. The van der Waals surface area contributed by atoms with Crippen molar-refractivity contribution in [2.45, 2.75) is 0 Å². The first-order valence-corrected chi connectivity index (χ1v) is 5.51. The Morgan fingerprint density at radius 1 is 1.16 bits per heavy atom.